The Morgan fingerprint density at radius 3 is 2.65 bits per heavy atom. The summed E-state index contributed by atoms with van der Waals surface area (Å²) in [6.07, 6.45) is 1.73. The lowest BCUT2D eigenvalue weighted by Crippen LogP contribution is -2.31. The van der Waals surface area contributed by atoms with Crippen LogP contribution in [0, 0.1) is 6.92 Å². The Morgan fingerprint density at radius 2 is 2.09 bits per heavy atom. The van der Waals surface area contributed by atoms with E-state index in [-0.39, 0.29) is 5.91 Å². The summed E-state index contributed by atoms with van der Waals surface area (Å²) in [6, 6.07) is 6.17. The molecule has 1 aromatic heterocycles. The molecule has 0 aliphatic rings. The summed E-state index contributed by atoms with van der Waals surface area (Å²) in [5.74, 6) is -1.05. The number of amides is 1. The third-order valence-electron chi connectivity index (χ3n) is 3.93. The second-order valence-electron chi connectivity index (χ2n) is 5.88. The minimum atomic E-state index is -1.07. The lowest BCUT2D eigenvalue weighted by molar-refractivity contribution is -0.135. The van der Waals surface area contributed by atoms with Crippen LogP contribution in [0.3, 0.4) is 0 Å². The van der Waals surface area contributed by atoms with Gasteiger partial charge in [0.15, 0.2) is 0 Å². The average molecular weight is 314 g/mol. The number of hydrogen-bond acceptors (Lipinski definition) is 2. The summed E-state index contributed by atoms with van der Waals surface area (Å²) in [5, 5.41) is 12.2. The highest BCUT2D eigenvalue weighted by molar-refractivity contribution is 6.02. The highest BCUT2D eigenvalue weighted by Gasteiger charge is 2.20. The van der Waals surface area contributed by atoms with Crippen LogP contribution in [0.15, 0.2) is 30.9 Å². The van der Waals surface area contributed by atoms with Crippen LogP contribution < -0.4 is 5.32 Å². The monoisotopic (exact) mass is 314 g/mol. The van der Waals surface area contributed by atoms with Crippen LogP contribution >= 0.6 is 0 Å². The van der Waals surface area contributed by atoms with Gasteiger partial charge >= 0.3 is 5.97 Å². The fourth-order valence-corrected chi connectivity index (χ4v) is 2.75. The topological polar surface area (TPSA) is 71.3 Å². The molecule has 0 saturated heterocycles. The fraction of sp³-hybridized carbons (Fsp3) is 0.333. The molecule has 0 spiro atoms. The van der Waals surface area contributed by atoms with Crippen molar-refractivity contribution in [2.45, 2.75) is 33.2 Å². The summed E-state index contributed by atoms with van der Waals surface area (Å²) < 4.78 is 1.87. The van der Waals surface area contributed by atoms with E-state index < -0.39 is 12.5 Å². The number of nitrogens with one attached hydrogen (secondary N) is 1. The van der Waals surface area contributed by atoms with E-state index in [4.69, 9.17) is 5.11 Å². The van der Waals surface area contributed by atoms with Crippen molar-refractivity contribution < 1.29 is 14.7 Å². The molecule has 0 atom stereocenters. The van der Waals surface area contributed by atoms with Gasteiger partial charge in [0.25, 0.3) is 5.91 Å². The van der Waals surface area contributed by atoms with Gasteiger partial charge in [0.1, 0.15) is 12.2 Å². The number of aromatic nitrogens is 1. The Bertz CT molecular complexity index is 772. The van der Waals surface area contributed by atoms with Crippen LogP contribution in [-0.4, -0.2) is 28.1 Å². The van der Waals surface area contributed by atoms with Gasteiger partial charge < -0.3 is 15.0 Å². The third kappa shape index (κ3) is 3.28. The first-order valence-corrected chi connectivity index (χ1v) is 7.60. The summed E-state index contributed by atoms with van der Waals surface area (Å²) in [5.41, 5.74) is 3.50. The van der Waals surface area contributed by atoms with E-state index in [9.17, 15) is 9.59 Å². The number of allylic oxidation sites excluding steroid dienone is 1. The highest BCUT2D eigenvalue weighted by atomic mass is 16.4. The smallest absolute Gasteiger partial charge is 0.322 e. The Labute approximate surface area is 135 Å². The molecule has 122 valence electrons. The summed E-state index contributed by atoms with van der Waals surface area (Å²) in [7, 11) is 0. The molecule has 5 heteroatoms. The number of carboxylic acid groups (broad SMARTS) is 1. The molecule has 23 heavy (non-hydrogen) atoms. The summed E-state index contributed by atoms with van der Waals surface area (Å²) in [6.45, 7) is 9.97. The van der Waals surface area contributed by atoms with Crippen molar-refractivity contribution in [2.24, 2.45) is 0 Å². The van der Waals surface area contributed by atoms with Gasteiger partial charge in [-0.05, 0) is 36.1 Å². The zero-order valence-corrected chi connectivity index (χ0v) is 13.7. The van der Waals surface area contributed by atoms with Gasteiger partial charge in [0.05, 0.1) is 0 Å². The predicted molar refractivity (Wildman–Crippen MR) is 90.9 cm³/mol. The van der Waals surface area contributed by atoms with Gasteiger partial charge in [0, 0.05) is 17.4 Å². The Balaban J connectivity index is 2.59. The maximum atomic E-state index is 12.4. The van der Waals surface area contributed by atoms with E-state index in [1.165, 1.54) is 5.56 Å². The van der Waals surface area contributed by atoms with Gasteiger partial charge in [-0.2, -0.15) is 0 Å². The molecular weight excluding hydrogens is 292 g/mol. The second-order valence-corrected chi connectivity index (χ2v) is 5.88. The molecular formula is C18H22N2O3. The largest absolute Gasteiger partial charge is 0.480 e. The van der Waals surface area contributed by atoms with E-state index in [1.807, 2.05) is 17.6 Å². The number of aryl methyl sites for hydroxylation is 1. The number of carbonyl (C=O) groups is 2. The molecule has 0 radical (unpaired) electrons. The molecule has 0 bridgehead atoms. The number of carbonyl (C=O) groups excluding carboxylic acids is 1. The minimum absolute atomic E-state index is 0.381. The molecule has 0 unspecified atom stereocenters. The molecule has 0 fully saturated rings. The van der Waals surface area contributed by atoms with Crippen LogP contribution in [0.25, 0.3) is 10.9 Å². The lowest BCUT2D eigenvalue weighted by Gasteiger charge is -2.09. The highest BCUT2D eigenvalue weighted by Crippen LogP contribution is 2.29. The van der Waals surface area contributed by atoms with Crippen LogP contribution in [0.2, 0.25) is 0 Å². The maximum Gasteiger partial charge on any atom is 0.322 e. The van der Waals surface area contributed by atoms with E-state index >= 15 is 0 Å². The number of benzene rings is 1. The molecule has 2 N–H and O–H groups in total. The van der Waals surface area contributed by atoms with Gasteiger partial charge in [0.2, 0.25) is 0 Å². The first kappa shape index (κ1) is 16.8. The lowest BCUT2D eigenvalue weighted by atomic mass is 10.0. The number of nitrogens with zero attached hydrogens (tertiary/aromatic N) is 1. The molecule has 0 aliphatic carbocycles. The van der Waals surface area contributed by atoms with E-state index in [0.717, 1.165) is 16.5 Å². The van der Waals surface area contributed by atoms with E-state index in [1.54, 1.807) is 6.08 Å². The summed E-state index contributed by atoms with van der Waals surface area (Å²) >= 11 is 0. The third-order valence-corrected chi connectivity index (χ3v) is 3.93. The first-order valence-electron chi connectivity index (χ1n) is 7.60. The first-order chi connectivity index (χ1) is 10.9. The predicted octanol–water partition coefficient (Wildman–Crippen LogP) is 3.07. The Hall–Kier alpha value is -2.56. The van der Waals surface area contributed by atoms with Crippen molar-refractivity contribution in [1.82, 2.24) is 9.88 Å². The number of aliphatic carboxylic acids is 1. The molecule has 2 aromatic rings. The van der Waals surface area contributed by atoms with Crippen molar-refractivity contribution in [3.63, 3.8) is 0 Å². The van der Waals surface area contributed by atoms with Crippen LogP contribution in [0.4, 0.5) is 0 Å². The molecule has 1 heterocycles. The zero-order chi connectivity index (χ0) is 17.1. The number of fused-ring (bicyclic) bond motifs is 1. The Kier molecular flexibility index (Phi) is 4.89. The fourth-order valence-electron chi connectivity index (χ4n) is 2.75. The molecule has 0 saturated carbocycles. The normalized spacial score (nSPS) is 11.0. The number of hydrogen-bond donors (Lipinski definition) is 2. The minimum Gasteiger partial charge on any atom is -0.480 e. The number of rotatable bonds is 6. The Morgan fingerprint density at radius 1 is 1.39 bits per heavy atom. The van der Waals surface area contributed by atoms with Crippen molar-refractivity contribution in [3.8, 4) is 0 Å². The van der Waals surface area contributed by atoms with Gasteiger partial charge in [-0.1, -0.05) is 26.0 Å². The number of carboxylic acids is 1. The van der Waals surface area contributed by atoms with Crippen molar-refractivity contribution in [3.05, 3.63) is 47.7 Å². The molecule has 1 aromatic carbocycles. The molecule has 0 aliphatic heterocycles. The average Bonchev–Trinajstić information content (AvgIpc) is 2.77. The van der Waals surface area contributed by atoms with Gasteiger partial charge in [-0.25, -0.2) is 0 Å². The van der Waals surface area contributed by atoms with E-state index in [0.29, 0.717) is 18.2 Å². The van der Waals surface area contributed by atoms with Gasteiger partial charge in [-0.15, -0.1) is 6.58 Å². The van der Waals surface area contributed by atoms with Crippen molar-refractivity contribution in [1.29, 1.82) is 0 Å². The summed E-state index contributed by atoms with van der Waals surface area (Å²) in [4.78, 5) is 23.1. The van der Waals surface area contributed by atoms with E-state index in [2.05, 4.69) is 37.9 Å². The van der Waals surface area contributed by atoms with Gasteiger partial charge in [-0.3, -0.25) is 9.59 Å². The van der Waals surface area contributed by atoms with Crippen LogP contribution in [-0.2, 0) is 11.3 Å². The maximum absolute atomic E-state index is 12.4. The standard InChI is InChI=1S/C18H22N2O3/c1-5-8-20-15-7-6-13(11(2)3)9-14(15)12(4)17(20)18(23)19-10-16(21)22/h5-7,9,11H,1,8,10H2,2-4H3,(H,19,23)(H,21,22). The zero-order valence-electron chi connectivity index (χ0n) is 13.7. The molecule has 2 rings (SSSR count). The second kappa shape index (κ2) is 6.69. The van der Waals surface area contributed by atoms with Crippen LogP contribution in [0.5, 0.6) is 0 Å². The molecule has 1 amide bonds. The van der Waals surface area contributed by atoms with Crippen molar-refractivity contribution in [2.75, 3.05) is 6.54 Å². The molecule has 5 nitrogen and oxygen atoms in total. The quantitative estimate of drug-likeness (QED) is 0.805. The van der Waals surface area contributed by atoms with Crippen LogP contribution in [0.1, 0.15) is 41.4 Å². The SMILES string of the molecule is C=CCn1c(C(=O)NCC(=O)O)c(C)c2cc(C(C)C)ccc21. The van der Waals surface area contributed by atoms with Crippen molar-refractivity contribution >= 4 is 22.8 Å².